The van der Waals surface area contributed by atoms with Crippen LogP contribution in [0, 0.1) is 5.92 Å². The Labute approximate surface area is 78.2 Å². The first-order valence-electron chi connectivity index (χ1n) is 4.40. The van der Waals surface area contributed by atoms with Crippen molar-refractivity contribution in [1.82, 2.24) is 0 Å². The molecular formula is C10H15NO2. The van der Waals surface area contributed by atoms with E-state index in [9.17, 15) is 4.79 Å². The van der Waals surface area contributed by atoms with E-state index in [4.69, 9.17) is 5.90 Å². The average molecular weight is 181 g/mol. The summed E-state index contributed by atoms with van der Waals surface area (Å²) in [6, 6.07) is 0. The summed E-state index contributed by atoms with van der Waals surface area (Å²) in [7, 11) is 0. The quantitative estimate of drug-likeness (QED) is 0.660. The molecule has 1 rings (SSSR count). The van der Waals surface area contributed by atoms with Crippen molar-refractivity contribution in [2.75, 3.05) is 0 Å². The third-order valence-electron chi connectivity index (χ3n) is 2.41. The lowest BCUT2D eigenvalue weighted by Gasteiger charge is -2.19. The number of rotatable bonds is 2. The zero-order valence-electron chi connectivity index (χ0n) is 7.88. The first-order chi connectivity index (χ1) is 6.15. The van der Waals surface area contributed by atoms with Gasteiger partial charge in [0.15, 0.2) is 0 Å². The molecule has 1 unspecified atom stereocenters. The van der Waals surface area contributed by atoms with E-state index in [1.807, 2.05) is 13.0 Å². The highest BCUT2D eigenvalue weighted by Crippen LogP contribution is 2.27. The Hall–Kier alpha value is -1.09. The first-order valence-corrected chi connectivity index (χ1v) is 4.40. The fraction of sp³-hybridized carbons (Fsp3) is 0.500. The molecule has 0 aromatic heterocycles. The highest BCUT2D eigenvalue weighted by Gasteiger charge is 2.22. The largest absolute Gasteiger partial charge is 0.373 e. The van der Waals surface area contributed by atoms with Gasteiger partial charge in [-0.25, -0.2) is 0 Å². The third kappa shape index (κ3) is 2.42. The lowest BCUT2D eigenvalue weighted by atomic mass is 9.87. The Balaban J connectivity index is 2.56. The molecule has 0 aromatic carbocycles. The molecule has 1 aliphatic carbocycles. The molecule has 2 N–H and O–H groups in total. The number of allylic oxidation sites excluding steroid dienone is 3. The van der Waals surface area contributed by atoms with E-state index in [2.05, 4.69) is 11.4 Å². The molecule has 1 atom stereocenters. The van der Waals surface area contributed by atoms with Crippen molar-refractivity contribution >= 4 is 5.97 Å². The smallest absolute Gasteiger partial charge is 0.327 e. The van der Waals surface area contributed by atoms with Gasteiger partial charge in [0.05, 0.1) is 5.92 Å². The molecule has 0 amide bonds. The number of nitrogens with two attached hydrogens (primary N) is 1. The van der Waals surface area contributed by atoms with E-state index in [0.29, 0.717) is 0 Å². The van der Waals surface area contributed by atoms with Crippen molar-refractivity contribution in [1.29, 1.82) is 0 Å². The van der Waals surface area contributed by atoms with E-state index >= 15 is 0 Å². The molecular weight excluding hydrogens is 166 g/mol. The van der Waals surface area contributed by atoms with Gasteiger partial charge in [0.2, 0.25) is 0 Å². The molecule has 0 saturated heterocycles. The number of carbonyl (C=O) groups is 1. The van der Waals surface area contributed by atoms with Crippen LogP contribution < -0.4 is 5.90 Å². The van der Waals surface area contributed by atoms with Gasteiger partial charge in [-0.1, -0.05) is 18.2 Å². The van der Waals surface area contributed by atoms with Crippen molar-refractivity contribution in [3.63, 3.8) is 0 Å². The molecule has 0 saturated carbocycles. The van der Waals surface area contributed by atoms with Crippen LogP contribution in [0.3, 0.4) is 0 Å². The van der Waals surface area contributed by atoms with Gasteiger partial charge in [-0.05, 0) is 31.8 Å². The van der Waals surface area contributed by atoms with Crippen molar-refractivity contribution in [2.24, 2.45) is 11.8 Å². The van der Waals surface area contributed by atoms with Gasteiger partial charge in [-0.2, -0.15) is 5.90 Å². The third-order valence-corrected chi connectivity index (χ3v) is 2.41. The van der Waals surface area contributed by atoms with Gasteiger partial charge < -0.3 is 4.84 Å². The molecule has 0 aliphatic heterocycles. The monoisotopic (exact) mass is 181 g/mol. The van der Waals surface area contributed by atoms with Crippen LogP contribution in [-0.4, -0.2) is 5.97 Å². The van der Waals surface area contributed by atoms with Gasteiger partial charge in [0, 0.05) is 0 Å². The maximum atomic E-state index is 11.0. The Morgan fingerprint density at radius 2 is 2.46 bits per heavy atom. The topological polar surface area (TPSA) is 52.3 Å². The lowest BCUT2D eigenvalue weighted by Crippen LogP contribution is -2.22. The fourth-order valence-corrected chi connectivity index (χ4v) is 1.53. The normalized spacial score (nSPS) is 22.0. The summed E-state index contributed by atoms with van der Waals surface area (Å²) in [6.07, 6.45) is 4.48. The standard InChI is InChI=1S/C10H15NO2/c1-7(2)8-3-5-9(6-4-8)10(12)13-11/h3,9H,1,4-6,11H2,2H3. The van der Waals surface area contributed by atoms with Crippen LogP contribution in [0.25, 0.3) is 0 Å². The zero-order chi connectivity index (χ0) is 9.84. The minimum Gasteiger partial charge on any atom is -0.373 e. The second-order valence-corrected chi connectivity index (χ2v) is 3.42. The average Bonchev–Trinajstić information content (AvgIpc) is 2.17. The second-order valence-electron chi connectivity index (χ2n) is 3.42. The van der Waals surface area contributed by atoms with Gasteiger partial charge in [0.1, 0.15) is 0 Å². The summed E-state index contributed by atoms with van der Waals surface area (Å²) in [6.45, 7) is 5.84. The minimum atomic E-state index is -0.308. The molecule has 0 aromatic rings. The SMILES string of the molecule is C=C(C)C1=CCC(C(=O)ON)CC1. The minimum absolute atomic E-state index is 0.0619. The van der Waals surface area contributed by atoms with Gasteiger partial charge in [0.25, 0.3) is 0 Å². The van der Waals surface area contributed by atoms with E-state index < -0.39 is 0 Å². The second kappa shape index (κ2) is 4.23. The Bertz CT molecular complexity index is 256. The van der Waals surface area contributed by atoms with Crippen molar-refractivity contribution in [3.8, 4) is 0 Å². The predicted octanol–water partition coefficient (Wildman–Crippen LogP) is 1.71. The van der Waals surface area contributed by atoms with Gasteiger partial charge in [-0.3, -0.25) is 4.79 Å². The Kier molecular flexibility index (Phi) is 3.25. The van der Waals surface area contributed by atoms with Crippen molar-refractivity contribution in [2.45, 2.75) is 26.2 Å². The number of hydrogen-bond acceptors (Lipinski definition) is 3. The molecule has 0 spiro atoms. The van der Waals surface area contributed by atoms with Crippen LogP contribution in [0.4, 0.5) is 0 Å². The first kappa shape index (κ1) is 9.99. The molecule has 0 bridgehead atoms. The molecule has 0 fully saturated rings. The summed E-state index contributed by atoms with van der Waals surface area (Å²) >= 11 is 0. The molecule has 13 heavy (non-hydrogen) atoms. The van der Waals surface area contributed by atoms with Crippen molar-refractivity contribution in [3.05, 3.63) is 23.8 Å². The maximum absolute atomic E-state index is 11.0. The summed E-state index contributed by atoms with van der Waals surface area (Å²) in [5.41, 5.74) is 2.33. The zero-order valence-corrected chi connectivity index (χ0v) is 7.88. The lowest BCUT2D eigenvalue weighted by molar-refractivity contribution is -0.149. The molecule has 72 valence electrons. The Morgan fingerprint density at radius 1 is 1.77 bits per heavy atom. The van der Waals surface area contributed by atoms with Crippen LogP contribution in [0.5, 0.6) is 0 Å². The van der Waals surface area contributed by atoms with E-state index in [-0.39, 0.29) is 11.9 Å². The predicted molar refractivity (Wildman–Crippen MR) is 50.5 cm³/mol. The molecule has 0 radical (unpaired) electrons. The summed E-state index contributed by atoms with van der Waals surface area (Å²) in [4.78, 5) is 15.2. The molecule has 0 heterocycles. The molecule has 3 heteroatoms. The Morgan fingerprint density at radius 3 is 2.85 bits per heavy atom. The number of hydrogen-bond donors (Lipinski definition) is 1. The summed E-state index contributed by atoms with van der Waals surface area (Å²) in [5, 5.41) is 0. The van der Waals surface area contributed by atoms with Crippen LogP contribution in [0.2, 0.25) is 0 Å². The van der Waals surface area contributed by atoms with E-state index in [0.717, 1.165) is 24.8 Å². The highest BCUT2D eigenvalue weighted by atomic mass is 16.7. The van der Waals surface area contributed by atoms with E-state index in [1.54, 1.807) is 0 Å². The van der Waals surface area contributed by atoms with Crippen LogP contribution in [0.1, 0.15) is 26.2 Å². The summed E-state index contributed by atoms with van der Waals surface area (Å²) in [5.74, 6) is 4.44. The van der Waals surface area contributed by atoms with Gasteiger partial charge >= 0.3 is 5.97 Å². The van der Waals surface area contributed by atoms with Gasteiger partial charge in [-0.15, -0.1) is 0 Å². The number of carbonyl (C=O) groups excluding carboxylic acids is 1. The van der Waals surface area contributed by atoms with E-state index in [1.165, 1.54) is 5.57 Å². The van der Waals surface area contributed by atoms with Crippen LogP contribution in [-0.2, 0) is 9.63 Å². The molecule has 1 aliphatic rings. The van der Waals surface area contributed by atoms with Crippen molar-refractivity contribution < 1.29 is 9.63 Å². The molecule has 3 nitrogen and oxygen atoms in total. The fourth-order valence-electron chi connectivity index (χ4n) is 1.53. The maximum Gasteiger partial charge on any atom is 0.327 e. The highest BCUT2D eigenvalue weighted by molar-refractivity contribution is 5.72. The summed E-state index contributed by atoms with van der Waals surface area (Å²) < 4.78 is 0. The van der Waals surface area contributed by atoms with Crippen LogP contribution in [0.15, 0.2) is 23.8 Å². The van der Waals surface area contributed by atoms with Crippen LogP contribution >= 0.6 is 0 Å².